The minimum absolute atomic E-state index is 0.731. The number of ether oxygens (including phenoxy) is 1. The fraction of sp³-hybridized carbons (Fsp3) is 0.500. The summed E-state index contributed by atoms with van der Waals surface area (Å²) in [6.45, 7) is 8.70. The molecule has 0 amide bonds. The minimum Gasteiger partial charge on any atom is -0.496 e. The molecule has 0 fully saturated rings. The van der Waals surface area contributed by atoms with E-state index in [2.05, 4.69) is 44.1 Å². The van der Waals surface area contributed by atoms with Crippen LogP contribution in [-0.4, -0.2) is 43.1 Å². The van der Waals surface area contributed by atoms with E-state index >= 15 is 0 Å². The average molecular weight is 375 g/mol. The molecule has 0 aliphatic rings. The van der Waals surface area contributed by atoms with Crippen LogP contribution in [0.3, 0.4) is 0 Å². The molecule has 0 bridgehead atoms. The van der Waals surface area contributed by atoms with Gasteiger partial charge in [-0.05, 0) is 26.3 Å². The Balaban J connectivity index is 2.02. The van der Waals surface area contributed by atoms with Gasteiger partial charge in [0, 0.05) is 43.5 Å². The molecule has 1 aromatic heterocycles. The van der Waals surface area contributed by atoms with Gasteiger partial charge in [0.05, 0.1) is 17.8 Å². The van der Waals surface area contributed by atoms with Crippen molar-refractivity contribution in [1.82, 2.24) is 15.2 Å². The van der Waals surface area contributed by atoms with E-state index in [4.69, 9.17) is 14.7 Å². The summed E-state index contributed by atoms with van der Waals surface area (Å²) < 4.78 is 5.46. The number of benzene rings is 1. The highest BCUT2D eigenvalue weighted by Crippen LogP contribution is 2.19. The van der Waals surface area contributed by atoms with Crippen LogP contribution in [0.5, 0.6) is 5.75 Å². The molecule has 0 unspecified atom stereocenters. The maximum Gasteiger partial charge on any atom is 0.193 e. The van der Waals surface area contributed by atoms with E-state index in [-0.39, 0.29) is 0 Å². The lowest BCUT2D eigenvalue weighted by Crippen LogP contribution is -2.38. The summed E-state index contributed by atoms with van der Waals surface area (Å²) in [5, 5.41) is 4.54. The van der Waals surface area contributed by atoms with Gasteiger partial charge in [-0.1, -0.05) is 25.1 Å². The highest BCUT2D eigenvalue weighted by molar-refractivity contribution is 7.11. The van der Waals surface area contributed by atoms with E-state index in [9.17, 15) is 0 Å². The number of rotatable bonds is 8. The van der Waals surface area contributed by atoms with Crippen molar-refractivity contribution >= 4 is 17.3 Å². The molecule has 142 valence electrons. The molecule has 2 aromatic rings. The van der Waals surface area contributed by atoms with E-state index in [0.29, 0.717) is 0 Å². The monoisotopic (exact) mass is 374 g/mol. The molecule has 5 nitrogen and oxygen atoms in total. The van der Waals surface area contributed by atoms with Gasteiger partial charge in [-0.2, -0.15) is 0 Å². The number of aromatic nitrogens is 1. The van der Waals surface area contributed by atoms with Gasteiger partial charge in [0.2, 0.25) is 0 Å². The number of thiazole rings is 1. The van der Waals surface area contributed by atoms with E-state index in [1.165, 1.54) is 15.6 Å². The summed E-state index contributed by atoms with van der Waals surface area (Å²) in [5.41, 5.74) is 2.36. The van der Waals surface area contributed by atoms with Crippen molar-refractivity contribution in [2.75, 3.05) is 27.2 Å². The second kappa shape index (κ2) is 10.2. The molecular weight excluding hydrogens is 344 g/mol. The van der Waals surface area contributed by atoms with Crippen molar-refractivity contribution in [2.45, 2.75) is 40.2 Å². The fourth-order valence-electron chi connectivity index (χ4n) is 2.81. The second-order valence-corrected chi connectivity index (χ2v) is 7.41. The Hall–Kier alpha value is -2.08. The number of methoxy groups -OCH3 is 1. The van der Waals surface area contributed by atoms with Gasteiger partial charge in [-0.15, -0.1) is 11.3 Å². The Morgan fingerprint density at radius 1 is 1.31 bits per heavy atom. The lowest BCUT2D eigenvalue weighted by molar-refractivity contribution is 0.396. The summed E-state index contributed by atoms with van der Waals surface area (Å²) in [7, 11) is 3.76. The summed E-state index contributed by atoms with van der Waals surface area (Å²) >= 11 is 1.79. The van der Waals surface area contributed by atoms with Gasteiger partial charge >= 0.3 is 0 Å². The van der Waals surface area contributed by atoms with Crippen LogP contribution in [-0.2, 0) is 19.4 Å². The molecule has 0 aliphatic carbocycles. The Morgan fingerprint density at radius 2 is 2.08 bits per heavy atom. The number of hydrogen-bond acceptors (Lipinski definition) is 4. The number of guanidine groups is 1. The van der Waals surface area contributed by atoms with Crippen LogP contribution in [0.4, 0.5) is 0 Å². The van der Waals surface area contributed by atoms with Gasteiger partial charge in [0.1, 0.15) is 5.75 Å². The highest BCUT2D eigenvalue weighted by atomic mass is 32.1. The smallest absolute Gasteiger partial charge is 0.193 e. The number of nitrogens with zero attached hydrogens (tertiary/aromatic N) is 3. The zero-order chi connectivity index (χ0) is 18.9. The molecule has 26 heavy (non-hydrogen) atoms. The van der Waals surface area contributed by atoms with Crippen LogP contribution in [0.15, 0.2) is 29.3 Å². The van der Waals surface area contributed by atoms with Gasteiger partial charge in [0.25, 0.3) is 0 Å². The molecular formula is C20H30N4OS. The van der Waals surface area contributed by atoms with Crippen LogP contribution in [0.25, 0.3) is 0 Å². The van der Waals surface area contributed by atoms with Crippen LogP contribution in [0, 0.1) is 6.92 Å². The number of para-hydroxylation sites is 1. The molecule has 6 heteroatoms. The third kappa shape index (κ3) is 5.46. The van der Waals surface area contributed by atoms with Crippen LogP contribution >= 0.6 is 11.3 Å². The first kappa shape index (κ1) is 20.2. The predicted molar refractivity (Wildman–Crippen MR) is 110 cm³/mol. The van der Waals surface area contributed by atoms with Crippen molar-refractivity contribution in [2.24, 2.45) is 4.99 Å². The first-order valence-corrected chi connectivity index (χ1v) is 9.97. The quantitative estimate of drug-likeness (QED) is 0.566. The van der Waals surface area contributed by atoms with E-state index in [0.717, 1.165) is 49.7 Å². The van der Waals surface area contributed by atoms with Gasteiger partial charge in [-0.25, -0.2) is 4.98 Å². The molecule has 0 saturated carbocycles. The zero-order valence-electron chi connectivity index (χ0n) is 16.5. The first-order valence-electron chi connectivity index (χ1n) is 9.15. The van der Waals surface area contributed by atoms with Gasteiger partial charge in [-0.3, -0.25) is 4.99 Å². The number of nitrogens with one attached hydrogen (secondary N) is 1. The molecule has 1 heterocycles. The van der Waals surface area contributed by atoms with E-state index in [1.807, 2.05) is 18.2 Å². The maximum absolute atomic E-state index is 5.46. The highest BCUT2D eigenvalue weighted by Gasteiger charge is 2.10. The molecule has 1 N–H and O–H groups in total. The maximum atomic E-state index is 5.46. The molecule has 0 atom stereocenters. The summed E-state index contributed by atoms with van der Waals surface area (Å²) in [6, 6.07) is 8.10. The number of aliphatic imine (C=N–C) groups is 1. The van der Waals surface area contributed by atoms with Crippen molar-refractivity contribution in [3.05, 3.63) is 45.4 Å². The number of hydrogen-bond donors (Lipinski definition) is 1. The van der Waals surface area contributed by atoms with Crippen LogP contribution < -0.4 is 10.1 Å². The molecule has 0 saturated heterocycles. The lowest BCUT2D eigenvalue weighted by Gasteiger charge is -2.23. The zero-order valence-corrected chi connectivity index (χ0v) is 17.3. The summed E-state index contributed by atoms with van der Waals surface area (Å²) in [4.78, 5) is 12.9. The van der Waals surface area contributed by atoms with Crippen LogP contribution in [0.2, 0.25) is 0 Å². The molecule has 2 rings (SSSR count). The topological polar surface area (TPSA) is 49.8 Å². The lowest BCUT2D eigenvalue weighted by atomic mass is 10.2. The Labute approximate surface area is 161 Å². The third-order valence-electron chi connectivity index (χ3n) is 4.16. The summed E-state index contributed by atoms with van der Waals surface area (Å²) in [6.07, 6.45) is 1.87. The minimum atomic E-state index is 0.731. The Kier molecular flexibility index (Phi) is 7.91. The number of aryl methyl sites for hydroxylation is 2. The molecule has 1 aromatic carbocycles. The van der Waals surface area contributed by atoms with Gasteiger partial charge in [0.15, 0.2) is 5.96 Å². The molecule has 0 aliphatic heterocycles. The van der Waals surface area contributed by atoms with Crippen molar-refractivity contribution < 1.29 is 4.74 Å². The van der Waals surface area contributed by atoms with Crippen LogP contribution in [0.1, 0.15) is 35.0 Å². The van der Waals surface area contributed by atoms with Crippen molar-refractivity contribution in [3.63, 3.8) is 0 Å². The SMILES string of the molecule is CCNC(=NCCc1nc(CC)c(C)s1)N(C)Cc1ccccc1OC. The Bertz CT molecular complexity index is 726. The van der Waals surface area contributed by atoms with Crippen molar-refractivity contribution in [1.29, 1.82) is 0 Å². The first-order chi connectivity index (χ1) is 12.6. The van der Waals surface area contributed by atoms with E-state index < -0.39 is 0 Å². The van der Waals surface area contributed by atoms with Crippen molar-refractivity contribution in [3.8, 4) is 5.75 Å². The largest absolute Gasteiger partial charge is 0.496 e. The second-order valence-electron chi connectivity index (χ2n) is 6.12. The van der Waals surface area contributed by atoms with E-state index in [1.54, 1.807) is 18.4 Å². The normalized spacial score (nSPS) is 11.5. The fourth-order valence-corrected chi connectivity index (χ4v) is 3.82. The third-order valence-corrected chi connectivity index (χ3v) is 5.23. The molecule has 0 radical (unpaired) electrons. The Morgan fingerprint density at radius 3 is 2.73 bits per heavy atom. The average Bonchev–Trinajstić information content (AvgIpc) is 3.01. The molecule has 0 spiro atoms. The van der Waals surface area contributed by atoms with Gasteiger partial charge < -0.3 is 15.0 Å². The summed E-state index contributed by atoms with van der Waals surface area (Å²) in [5.74, 6) is 1.81. The predicted octanol–water partition coefficient (Wildman–Crippen LogP) is 3.66. The standard InChI is InChI=1S/C20H30N4OS/c1-6-17-15(3)26-19(23-17)12-13-22-20(21-7-2)24(4)14-16-10-8-9-11-18(16)25-5/h8-11H,6-7,12-14H2,1-5H3,(H,21,22).